The van der Waals surface area contributed by atoms with Crippen LogP contribution in [-0.2, 0) is 4.79 Å². The second-order valence-corrected chi connectivity index (χ2v) is 9.58. The second-order valence-electron chi connectivity index (χ2n) is 8.30. The van der Waals surface area contributed by atoms with Gasteiger partial charge in [-0.2, -0.15) is 0 Å². The molecule has 6 heteroatoms. The van der Waals surface area contributed by atoms with Crippen molar-refractivity contribution < 1.29 is 4.79 Å². The van der Waals surface area contributed by atoms with Crippen molar-refractivity contribution >= 4 is 40.7 Å². The quantitative estimate of drug-likeness (QED) is 0.575. The molecular weight excluding hydrogens is 439 g/mol. The van der Waals surface area contributed by atoms with E-state index in [-0.39, 0.29) is 23.7 Å². The summed E-state index contributed by atoms with van der Waals surface area (Å²) in [6.45, 7) is 6.64. The summed E-state index contributed by atoms with van der Waals surface area (Å²) in [5, 5.41) is 5.24. The van der Waals surface area contributed by atoms with Crippen LogP contribution in [-0.4, -0.2) is 36.0 Å². The van der Waals surface area contributed by atoms with Crippen LogP contribution >= 0.6 is 34.8 Å². The van der Waals surface area contributed by atoms with Crippen LogP contribution in [0.25, 0.3) is 0 Å². The van der Waals surface area contributed by atoms with E-state index in [1.807, 2.05) is 30.3 Å². The lowest BCUT2D eigenvalue weighted by Gasteiger charge is -2.51. The molecule has 2 aromatic carbocycles. The van der Waals surface area contributed by atoms with Crippen LogP contribution in [0.4, 0.5) is 0 Å². The molecule has 1 aliphatic carbocycles. The van der Waals surface area contributed by atoms with Gasteiger partial charge in [-0.25, -0.2) is 0 Å². The number of carbonyl (C=O) groups is 1. The molecule has 30 heavy (non-hydrogen) atoms. The standard InChI is InChI=1S/C24H27Cl3N2O/c1-3-29(4-2)24-12-11-19(18-10-9-17(26)13-21(18)27)22(20(24)14-28-23(24)30)15-5-7-16(25)8-6-15/h5-10,13,19-20,22H,3-4,11-12,14H2,1-2H3,(H,28,30)/t19-,20-,22-,24-/m0/s1. The average molecular weight is 466 g/mol. The predicted octanol–water partition coefficient (Wildman–Crippen LogP) is 6.13. The number of nitrogens with one attached hydrogen (secondary N) is 1. The zero-order valence-electron chi connectivity index (χ0n) is 17.3. The molecule has 0 bridgehead atoms. The van der Waals surface area contributed by atoms with Crippen LogP contribution in [0.3, 0.4) is 0 Å². The maximum absolute atomic E-state index is 13.3. The van der Waals surface area contributed by atoms with Gasteiger partial charge in [-0.05, 0) is 73.2 Å². The van der Waals surface area contributed by atoms with Crippen molar-refractivity contribution in [2.75, 3.05) is 19.6 Å². The number of nitrogens with zero attached hydrogens (tertiary/aromatic N) is 1. The van der Waals surface area contributed by atoms with E-state index in [4.69, 9.17) is 34.8 Å². The number of likely N-dealkylation sites (N-methyl/N-ethyl adjacent to an activating group) is 1. The van der Waals surface area contributed by atoms with Gasteiger partial charge in [-0.3, -0.25) is 9.69 Å². The summed E-state index contributed by atoms with van der Waals surface area (Å²) < 4.78 is 0. The minimum absolute atomic E-state index is 0.147. The Balaban J connectivity index is 1.86. The van der Waals surface area contributed by atoms with Crippen molar-refractivity contribution in [1.82, 2.24) is 10.2 Å². The molecule has 1 saturated carbocycles. The van der Waals surface area contributed by atoms with E-state index in [9.17, 15) is 4.79 Å². The lowest BCUT2D eigenvalue weighted by molar-refractivity contribution is -0.134. The number of hydrogen-bond donors (Lipinski definition) is 1. The van der Waals surface area contributed by atoms with Gasteiger partial charge in [0, 0.05) is 27.5 Å². The lowest BCUT2D eigenvalue weighted by Crippen LogP contribution is -2.60. The monoisotopic (exact) mass is 464 g/mol. The highest BCUT2D eigenvalue weighted by molar-refractivity contribution is 6.35. The molecule has 0 unspecified atom stereocenters. The average Bonchev–Trinajstić information content (AvgIpc) is 3.07. The molecule has 4 atom stereocenters. The molecule has 1 aliphatic heterocycles. The molecule has 1 amide bonds. The summed E-state index contributed by atoms with van der Waals surface area (Å²) in [6, 6.07) is 13.9. The van der Waals surface area contributed by atoms with Gasteiger partial charge in [0.25, 0.3) is 0 Å². The first-order valence-electron chi connectivity index (χ1n) is 10.7. The number of carbonyl (C=O) groups excluding carboxylic acids is 1. The Labute approximate surface area is 193 Å². The Hall–Kier alpha value is -1.26. The molecule has 0 spiro atoms. The molecule has 0 aromatic heterocycles. The van der Waals surface area contributed by atoms with Crippen LogP contribution in [0.2, 0.25) is 15.1 Å². The van der Waals surface area contributed by atoms with Gasteiger partial charge in [-0.15, -0.1) is 0 Å². The SMILES string of the molecule is CCN(CC)[C@@]12CC[C@@H](c3ccc(Cl)cc3Cl)[C@H](c3ccc(Cl)cc3)[C@@H]1CNC2=O. The maximum Gasteiger partial charge on any atom is 0.240 e. The van der Waals surface area contributed by atoms with E-state index < -0.39 is 5.54 Å². The normalized spacial score (nSPS) is 28.5. The first-order chi connectivity index (χ1) is 14.4. The highest BCUT2D eigenvalue weighted by Crippen LogP contribution is 2.56. The molecule has 1 saturated heterocycles. The van der Waals surface area contributed by atoms with E-state index in [1.54, 1.807) is 0 Å². The fourth-order valence-corrected chi connectivity index (χ4v) is 6.55. The Morgan fingerprint density at radius 1 is 1.03 bits per heavy atom. The van der Waals surface area contributed by atoms with Gasteiger partial charge in [0.1, 0.15) is 5.54 Å². The molecule has 2 aliphatic rings. The Bertz CT molecular complexity index is 929. The van der Waals surface area contributed by atoms with Crippen molar-refractivity contribution in [1.29, 1.82) is 0 Å². The van der Waals surface area contributed by atoms with Crippen LogP contribution in [0, 0.1) is 5.92 Å². The summed E-state index contributed by atoms with van der Waals surface area (Å²) >= 11 is 19.0. The Kier molecular flexibility index (Phi) is 6.37. The first kappa shape index (κ1) is 22.0. The third-order valence-corrected chi connectivity index (χ3v) is 7.95. The molecule has 3 nitrogen and oxygen atoms in total. The van der Waals surface area contributed by atoms with Crippen LogP contribution < -0.4 is 5.32 Å². The highest BCUT2D eigenvalue weighted by Gasteiger charge is 2.60. The van der Waals surface area contributed by atoms with E-state index >= 15 is 0 Å². The first-order valence-corrected chi connectivity index (χ1v) is 11.8. The third kappa shape index (κ3) is 3.54. The summed E-state index contributed by atoms with van der Waals surface area (Å²) in [5.74, 6) is 0.666. The third-order valence-electron chi connectivity index (χ3n) is 7.14. The fraction of sp³-hybridized carbons (Fsp3) is 0.458. The molecule has 160 valence electrons. The van der Waals surface area contributed by atoms with Crippen LogP contribution in [0.15, 0.2) is 42.5 Å². The zero-order valence-corrected chi connectivity index (χ0v) is 19.6. The van der Waals surface area contributed by atoms with E-state index in [0.717, 1.165) is 31.5 Å². The largest absolute Gasteiger partial charge is 0.354 e. The van der Waals surface area contributed by atoms with E-state index in [2.05, 4.69) is 36.2 Å². The molecule has 1 N–H and O–H groups in total. The smallest absolute Gasteiger partial charge is 0.240 e. The summed E-state index contributed by atoms with van der Waals surface area (Å²) in [5.41, 5.74) is 1.82. The second kappa shape index (κ2) is 8.70. The number of hydrogen-bond acceptors (Lipinski definition) is 2. The highest BCUT2D eigenvalue weighted by atomic mass is 35.5. The Morgan fingerprint density at radius 2 is 1.70 bits per heavy atom. The number of fused-ring (bicyclic) bond motifs is 1. The van der Waals surface area contributed by atoms with Crippen molar-refractivity contribution in [3.8, 4) is 0 Å². The molecule has 1 heterocycles. The Morgan fingerprint density at radius 3 is 2.33 bits per heavy atom. The van der Waals surface area contributed by atoms with Crippen molar-refractivity contribution in [2.45, 2.75) is 44.1 Å². The number of benzene rings is 2. The number of rotatable bonds is 5. The maximum atomic E-state index is 13.3. The molecule has 2 fully saturated rings. The molecule has 2 aromatic rings. The van der Waals surface area contributed by atoms with E-state index in [0.29, 0.717) is 21.6 Å². The van der Waals surface area contributed by atoms with Crippen LogP contribution in [0.5, 0.6) is 0 Å². The minimum Gasteiger partial charge on any atom is -0.354 e. The zero-order chi connectivity index (χ0) is 21.5. The summed E-state index contributed by atoms with van der Waals surface area (Å²) in [4.78, 5) is 15.6. The molecule has 4 rings (SSSR count). The topological polar surface area (TPSA) is 32.3 Å². The summed E-state index contributed by atoms with van der Waals surface area (Å²) in [7, 11) is 0. The van der Waals surface area contributed by atoms with Gasteiger partial charge >= 0.3 is 0 Å². The fourth-order valence-electron chi connectivity index (χ4n) is 5.88. The van der Waals surface area contributed by atoms with E-state index in [1.165, 1.54) is 5.56 Å². The minimum atomic E-state index is -0.483. The van der Waals surface area contributed by atoms with Gasteiger partial charge < -0.3 is 5.32 Å². The van der Waals surface area contributed by atoms with Gasteiger partial charge in [0.2, 0.25) is 5.91 Å². The lowest BCUT2D eigenvalue weighted by atomic mass is 9.59. The summed E-state index contributed by atoms with van der Waals surface area (Å²) in [6.07, 6.45) is 1.70. The van der Waals surface area contributed by atoms with Gasteiger partial charge in [-0.1, -0.05) is 66.8 Å². The van der Waals surface area contributed by atoms with Crippen molar-refractivity contribution in [3.63, 3.8) is 0 Å². The number of halogens is 3. The number of amides is 1. The van der Waals surface area contributed by atoms with Gasteiger partial charge in [0.15, 0.2) is 0 Å². The van der Waals surface area contributed by atoms with Crippen LogP contribution in [0.1, 0.15) is 49.7 Å². The van der Waals surface area contributed by atoms with Crippen molar-refractivity contribution in [2.24, 2.45) is 5.92 Å². The van der Waals surface area contributed by atoms with Gasteiger partial charge in [0.05, 0.1) is 0 Å². The van der Waals surface area contributed by atoms with Crippen molar-refractivity contribution in [3.05, 3.63) is 68.7 Å². The predicted molar refractivity (Wildman–Crippen MR) is 125 cm³/mol. The molecular formula is C24H27Cl3N2O. The molecule has 0 radical (unpaired) electrons.